The molecule has 0 saturated carbocycles. The maximum Gasteiger partial charge on any atom is 0.256 e. The van der Waals surface area contributed by atoms with Gasteiger partial charge in [-0.2, -0.15) is 0 Å². The highest BCUT2D eigenvalue weighted by molar-refractivity contribution is 9.10. The van der Waals surface area contributed by atoms with Crippen molar-refractivity contribution in [1.82, 2.24) is 4.98 Å². The van der Waals surface area contributed by atoms with Crippen LogP contribution in [0, 0.1) is 0 Å². The van der Waals surface area contributed by atoms with Crippen LogP contribution >= 0.6 is 27.5 Å². The molecule has 0 radical (unpaired) electrons. The number of halogens is 2. The number of benzene rings is 1. The van der Waals surface area contributed by atoms with Crippen LogP contribution in [0.15, 0.2) is 41.1 Å². The summed E-state index contributed by atoms with van der Waals surface area (Å²) in [6.45, 7) is 1.99. The van der Waals surface area contributed by atoms with E-state index in [1.807, 2.05) is 12.3 Å². The molecule has 2 heterocycles. The quantitative estimate of drug-likeness (QED) is 0.818. The summed E-state index contributed by atoms with van der Waals surface area (Å²) in [5, 5.41) is 3.51. The predicted molar refractivity (Wildman–Crippen MR) is 97.4 cm³/mol. The van der Waals surface area contributed by atoms with Crippen molar-refractivity contribution in [1.29, 1.82) is 0 Å². The number of nitrogens with one attached hydrogen (secondary N) is 1. The Hall–Kier alpha value is -1.59. The second-order valence-corrected chi connectivity index (χ2v) is 6.81. The smallest absolute Gasteiger partial charge is 0.256 e. The van der Waals surface area contributed by atoms with Crippen molar-refractivity contribution in [2.75, 3.05) is 23.3 Å². The fraction of sp³-hybridized carbons (Fsp3) is 0.294. The van der Waals surface area contributed by atoms with Crippen LogP contribution in [-0.2, 0) is 0 Å². The van der Waals surface area contributed by atoms with Crippen molar-refractivity contribution in [3.8, 4) is 0 Å². The zero-order valence-electron chi connectivity index (χ0n) is 12.6. The number of carbonyl (C=O) groups is 1. The summed E-state index contributed by atoms with van der Waals surface area (Å²) in [7, 11) is 0. The highest BCUT2D eigenvalue weighted by atomic mass is 79.9. The molecule has 4 nitrogen and oxygen atoms in total. The van der Waals surface area contributed by atoms with Crippen LogP contribution in [-0.4, -0.2) is 24.0 Å². The van der Waals surface area contributed by atoms with Gasteiger partial charge in [-0.3, -0.25) is 9.78 Å². The summed E-state index contributed by atoms with van der Waals surface area (Å²) >= 11 is 9.40. The summed E-state index contributed by atoms with van der Waals surface area (Å²) in [5.41, 5.74) is 2.26. The number of rotatable bonds is 3. The molecule has 120 valence electrons. The van der Waals surface area contributed by atoms with Crippen molar-refractivity contribution in [3.63, 3.8) is 0 Å². The molecule has 2 aromatic rings. The van der Waals surface area contributed by atoms with Crippen molar-refractivity contribution in [2.24, 2.45) is 0 Å². The fourth-order valence-electron chi connectivity index (χ4n) is 2.74. The number of hydrogen-bond acceptors (Lipinski definition) is 3. The third kappa shape index (κ3) is 3.85. The van der Waals surface area contributed by atoms with E-state index in [1.54, 1.807) is 24.4 Å². The van der Waals surface area contributed by atoms with Crippen LogP contribution in [0.1, 0.15) is 29.6 Å². The average Bonchev–Trinajstić information content (AvgIpc) is 2.58. The second kappa shape index (κ2) is 7.32. The minimum absolute atomic E-state index is 0.191. The molecule has 1 saturated heterocycles. The summed E-state index contributed by atoms with van der Waals surface area (Å²) in [6.07, 6.45) is 7.10. The summed E-state index contributed by atoms with van der Waals surface area (Å²) in [4.78, 5) is 19.1. The number of nitrogens with zero attached hydrogens (tertiary/aromatic N) is 2. The minimum Gasteiger partial charge on any atom is -0.369 e. The molecule has 1 aliphatic rings. The molecule has 1 aromatic heterocycles. The lowest BCUT2D eigenvalue weighted by atomic mass is 10.1. The highest BCUT2D eigenvalue weighted by Gasteiger charge is 2.17. The number of anilines is 2. The molecule has 0 atom stereocenters. The normalized spacial score (nSPS) is 14.6. The van der Waals surface area contributed by atoms with Gasteiger partial charge in [0.05, 0.1) is 23.1 Å². The lowest BCUT2D eigenvalue weighted by Gasteiger charge is -2.30. The van der Waals surface area contributed by atoms with E-state index in [2.05, 4.69) is 31.1 Å². The molecule has 1 N–H and O–H groups in total. The van der Waals surface area contributed by atoms with E-state index >= 15 is 0 Å². The average molecular weight is 395 g/mol. The maximum absolute atomic E-state index is 12.6. The van der Waals surface area contributed by atoms with E-state index in [9.17, 15) is 4.79 Å². The molecule has 1 fully saturated rings. The molecule has 1 aliphatic heterocycles. The van der Waals surface area contributed by atoms with Crippen LogP contribution in [0.5, 0.6) is 0 Å². The van der Waals surface area contributed by atoms with E-state index in [0.717, 1.165) is 24.5 Å². The van der Waals surface area contributed by atoms with Gasteiger partial charge in [-0.15, -0.1) is 0 Å². The Morgan fingerprint density at radius 2 is 2.00 bits per heavy atom. The van der Waals surface area contributed by atoms with Crippen LogP contribution in [0.4, 0.5) is 11.4 Å². The number of hydrogen-bond donors (Lipinski definition) is 1. The van der Waals surface area contributed by atoms with Crippen molar-refractivity contribution >= 4 is 44.8 Å². The zero-order chi connectivity index (χ0) is 16.2. The Morgan fingerprint density at radius 1 is 1.22 bits per heavy atom. The second-order valence-electron chi connectivity index (χ2n) is 5.52. The highest BCUT2D eigenvalue weighted by Crippen LogP contribution is 2.29. The molecule has 0 unspecified atom stereocenters. The molecule has 0 bridgehead atoms. The first-order valence-corrected chi connectivity index (χ1v) is 8.77. The van der Waals surface area contributed by atoms with Crippen LogP contribution in [0.25, 0.3) is 0 Å². The van der Waals surface area contributed by atoms with Crippen LogP contribution in [0.3, 0.4) is 0 Å². The SMILES string of the molecule is O=C(Nc1ccncc1N1CCCCC1)c1cc(Cl)ccc1Br. The van der Waals surface area contributed by atoms with Gasteiger partial charge in [-0.1, -0.05) is 11.6 Å². The van der Waals surface area contributed by atoms with Gasteiger partial charge in [-0.25, -0.2) is 0 Å². The minimum atomic E-state index is -0.191. The van der Waals surface area contributed by atoms with Crippen LogP contribution < -0.4 is 10.2 Å². The third-order valence-corrected chi connectivity index (χ3v) is 4.84. The standard InChI is InChI=1S/C17H17BrClN3O/c18-14-5-4-12(19)10-13(14)17(23)21-15-6-7-20-11-16(15)22-8-2-1-3-9-22/h4-7,10-11H,1-3,8-9H2,(H,20,21,23). The van der Waals surface area contributed by atoms with Gasteiger partial charge in [-0.05, 0) is 59.5 Å². The lowest BCUT2D eigenvalue weighted by molar-refractivity contribution is 0.102. The van der Waals surface area contributed by atoms with Gasteiger partial charge < -0.3 is 10.2 Å². The van der Waals surface area contributed by atoms with E-state index in [0.29, 0.717) is 15.1 Å². The Bertz CT molecular complexity index is 717. The largest absolute Gasteiger partial charge is 0.369 e. The van der Waals surface area contributed by atoms with E-state index in [4.69, 9.17) is 11.6 Å². The monoisotopic (exact) mass is 393 g/mol. The molecule has 6 heteroatoms. The number of amides is 1. The molecular formula is C17H17BrClN3O. The van der Waals surface area contributed by atoms with Gasteiger partial charge in [0, 0.05) is 28.8 Å². The van der Waals surface area contributed by atoms with Gasteiger partial charge in [0.1, 0.15) is 0 Å². The Kier molecular flexibility index (Phi) is 5.18. The zero-order valence-corrected chi connectivity index (χ0v) is 14.9. The van der Waals surface area contributed by atoms with E-state index < -0.39 is 0 Å². The number of aromatic nitrogens is 1. The third-order valence-electron chi connectivity index (χ3n) is 3.92. The van der Waals surface area contributed by atoms with Gasteiger partial charge in [0.2, 0.25) is 0 Å². The van der Waals surface area contributed by atoms with Crippen molar-refractivity contribution < 1.29 is 4.79 Å². The molecule has 1 amide bonds. The molecule has 0 aliphatic carbocycles. The molecule has 0 spiro atoms. The summed E-state index contributed by atoms with van der Waals surface area (Å²) < 4.78 is 0.716. The Morgan fingerprint density at radius 3 is 2.78 bits per heavy atom. The first-order valence-electron chi connectivity index (χ1n) is 7.60. The first-order chi connectivity index (χ1) is 11.1. The van der Waals surface area contributed by atoms with Crippen LogP contribution in [0.2, 0.25) is 5.02 Å². The molecule has 1 aromatic carbocycles. The van der Waals surface area contributed by atoms with Gasteiger partial charge in [0.15, 0.2) is 0 Å². The first kappa shape index (κ1) is 16.3. The maximum atomic E-state index is 12.6. The Balaban J connectivity index is 1.85. The number of piperidine rings is 1. The molecule has 23 heavy (non-hydrogen) atoms. The van der Waals surface area contributed by atoms with Gasteiger partial charge >= 0.3 is 0 Å². The lowest BCUT2D eigenvalue weighted by Crippen LogP contribution is -2.30. The fourth-order valence-corrected chi connectivity index (χ4v) is 3.34. The van der Waals surface area contributed by atoms with E-state index in [1.165, 1.54) is 19.3 Å². The molecule has 3 rings (SSSR count). The summed E-state index contributed by atoms with van der Waals surface area (Å²) in [6, 6.07) is 7.01. The Labute approximate surface area is 149 Å². The summed E-state index contributed by atoms with van der Waals surface area (Å²) in [5.74, 6) is -0.191. The van der Waals surface area contributed by atoms with E-state index in [-0.39, 0.29) is 5.91 Å². The van der Waals surface area contributed by atoms with Crippen molar-refractivity contribution in [3.05, 3.63) is 51.7 Å². The van der Waals surface area contributed by atoms with Crippen molar-refractivity contribution in [2.45, 2.75) is 19.3 Å². The predicted octanol–water partition coefficient (Wildman–Crippen LogP) is 4.74. The molecular weight excluding hydrogens is 378 g/mol. The van der Waals surface area contributed by atoms with Gasteiger partial charge in [0.25, 0.3) is 5.91 Å². The topological polar surface area (TPSA) is 45.2 Å². The number of pyridine rings is 1. The number of carbonyl (C=O) groups excluding carboxylic acids is 1.